The van der Waals surface area contributed by atoms with Crippen LogP contribution in [0.15, 0.2) is 71.6 Å². The topological polar surface area (TPSA) is 83.1 Å². The van der Waals surface area contributed by atoms with Gasteiger partial charge in [-0.3, -0.25) is 9.69 Å². The molecule has 1 heterocycles. The number of carbonyl (C=O) groups excluding carboxylic acids is 1. The fourth-order valence-electron chi connectivity index (χ4n) is 4.32. The van der Waals surface area contributed by atoms with Gasteiger partial charge in [-0.15, -0.1) is 0 Å². The molecule has 0 N–H and O–H groups in total. The van der Waals surface area contributed by atoms with E-state index in [0.717, 1.165) is 23.4 Å². The molecule has 11 heteroatoms. The van der Waals surface area contributed by atoms with Crippen molar-refractivity contribution in [3.05, 3.63) is 82.9 Å². The van der Waals surface area contributed by atoms with Crippen molar-refractivity contribution in [2.24, 2.45) is 0 Å². The quantitative estimate of drug-likeness (QED) is 0.205. The Bertz CT molecular complexity index is 1560. The number of hydrogen-bond donors (Lipinski definition) is 0. The molecule has 0 spiro atoms. The Kier molecular flexibility index (Phi) is 9.81. The number of sulfonamides is 1. The van der Waals surface area contributed by atoms with Crippen molar-refractivity contribution in [1.29, 1.82) is 0 Å². The van der Waals surface area contributed by atoms with Gasteiger partial charge in [-0.2, -0.15) is 4.31 Å². The van der Waals surface area contributed by atoms with E-state index in [1.165, 1.54) is 27.8 Å². The van der Waals surface area contributed by atoms with Crippen LogP contribution in [0.3, 0.4) is 0 Å². The fourth-order valence-corrected chi connectivity index (χ4v) is 6.76. The summed E-state index contributed by atoms with van der Waals surface area (Å²) in [7, 11) is -0.635. The van der Waals surface area contributed by atoms with Crippen LogP contribution in [0.5, 0.6) is 5.75 Å². The third-order valence-electron chi connectivity index (χ3n) is 6.73. The van der Waals surface area contributed by atoms with Crippen LogP contribution in [0.1, 0.15) is 29.8 Å². The van der Waals surface area contributed by atoms with Gasteiger partial charge in [0.25, 0.3) is 5.91 Å². The molecule has 1 amide bonds. The number of benzene rings is 3. The lowest BCUT2D eigenvalue weighted by Crippen LogP contribution is -2.38. The highest BCUT2D eigenvalue weighted by atomic mass is 35.5. The Balaban J connectivity index is 1.63. The highest BCUT2D eigenvalue weighted by molar-refractivity contribution is 7.89. The summed E-state index contributed by atoms with van der Waals surface area (Å²) < 4.78 is 33.9. The second-order valence-electron chi connectivity index (χ2n) is 9.18. The molecule has 0 bridgehead atoms. The fraction of sp³-hybridized carbons (Fsp3) is 0.310. The van der Waals surface area contributed by atoms with Gasteiger partial charge in [0.2, 0.25) is 10.0 Å². The first-order chi connectivity index (χ1) is 19.2. The van der Waals surface area contributed by atoms with Gasteiger partial charge in [-0.25, -0.2) is 13.4 Å². The Morgan fingerprint density at radius 1 is 0.975 bits per heavy atom. The van der Waals surface area contributed by atoms with Crippen LogP contribution in [0.4, 0.5) is 5.13 Å². The van der Waals surface area contributed by atoms with Crippen LogP contribution < -0.4 is 9.64 Å². The second kappa shape index (κ2) is 13.1. The summed E-state index contributed by atoms with van der Waals surface area (Å²) >= 11 is 7.78. The molecule has 0 radical (unpaired) electrons. The number of hydrogen-bond acceptors (Lipinski definition) is 7. The van der Waals surface area contributed by atoms with E-state index >= 15 is 0 Å². The van der Waals surface area contributed by atoms with Crippen LogP contribution in [-0.4, -0.2) is 68.9 Å². The average Bonchev–Trinajstić information content (AvgIpc) is 3.42. The average molecular weight is 601 g/mol. The van der Waals surface area contributed by atoms with Crippen LogP contribution in [0, 0.1) is 0 Å². The molecule has 3 aromatic carbocycles. The minimum atomic E-state index is -3.75. The molecule has 0 fully saturated rings. The molecule has 0 saturated heterocycles. The van der Waals surface area contributed by atoms with Gasteiger partial charge < -0.3 is 9.64 Å². The standard InChI is InChI=1S/C29H33ClN4O4S2/c1-5-33(6-2)18-19-34(29-31-26-25(38-4)17-16-24(30)27(26)39-29)28(35)22-12-14-23(15-13-22)40(36,37)32(3)20-21-10-8-7-9-11-21/h7-17H,5-6,18-20H2,1-4H3. The minimum Gasteiger partial charge on any atom is -0.494 e. The van der Waals surface area contributed by atoms with Crippen LogP contribution >= 0.6 is 22.9 Å². The highest BCUT2D eigenvalue weighted by Gasteiger charge is 2.25. The lowest BCUT2D eigenvalue weighted by molar-refractivity contribution is 0.0983. The van der Waals surface area contributed by atoms with E-state index in [1.807, 2.05) is 30.3 Å². The number of methoxy groups -OCH3 is 1. The summed E-state index contributed by atoms with van der Waals surface area (Å²) in [5, 5.41) is 1.03. The number of ether oxygens (including phenoxy) is 1. The van der Waals surface area contributed by atoms with Crippen molar-refractivity contribution < 1.29 is 17.9 Å². The number of halogens is 1. The van der Waals surface area contributed by atoms with E-state index < -0.39 is 10.0 Å². The summed E-state index contributed by atoms with van der Waals surface area (Å²) in [6.45, 7) is 7.14. The number of carbonyl (C=O) groups is 1. The Morgan fingerprint density at radius 3 is 2.27 bits per heavy atom. The predicted molar refractivity (Wildman–Crippen MR) is 162 cm³/mol. The summed E-state index contributed by atoms with van der Waals surface area (Å²) in [6.07, 6.45) is 0. The first-order valence-electron chi connectivity index (χ1n) is 13.0. The van der Waals surface area contributed by atoms with E-state index in [0.29, 0.717) is 40.1 Å². The number of rotatable bonds is 12. The van der Waals surface area contributed by atoms with Crippen molar-refractivity contribution >= 4 is 54.2 Å². The van der Waals surface area contributed by atoms with E-state index in [1.54, 1.807) is 43.3 Å². The third kappa shape index (κ3) is 6.47. The van der Waals surface area contributed by atoms with Gasteiger partial charge in [0.1, 0.15) is 11.3 Å². The normalized spacial score (nSPS) is 11.9. The van der Waals surface area contributed by atoms with Crippen molar-refractivity contribution in [1.82, 2.24) is 14.2 Å². The van der Waals surface area contributed by atoms with E-state index in [2.05, 4.69) is 18.7 Å². The number of aromatic nitrogens is 1. The maximum atomic E-state index is 13.8. The van der Waals surface area contributed by atoms with Crippen LogP contribution in [0.25, 0.3) is 10.2 Å². The molecule has 0 aliphatic carbocycles. The van der Waals surface area contributed by atoms with Gasteiger partial charge in [-0.05, 0) is 55.1 Å². The Morgan fingerprint density at radius 2 is 1.65 bits per heavy atom. The first kappa shape index (κ1) is 30.0. The summed E-state index contributed by atoms with van der Waals surface area (Å²) in [5.74, 6) is 0.301. The van der Waals surface area contributed by atoms with Gasteiger partial charge >= 0.3 is 0 Å². The van der Waals surface area contributed by atoms with Crippen molar-refractivity contribution in [2.45, 2.75) is 25.3 Å². The number of thiazole rings is 1. The molecule has 0 aliphatic rings. The highest BCUT2D eigenvalue weighted by Crippen LogP contribution is 2.39. The number of nitrogens with zero attached hydrogens (tertiary/aromatic N) is 4. The summed E-state index contributed by atoms with van der Waals surface area (Å²) in [6, 6.07) is 19.0. The zero-order valence-electron chi connectivity index (χ0n) is 23.0. The van der Waals surface area contributed by atoms with Crippen molar-refractivity contribution in [3.8, 4) is 5.75 Å². The largest absolute Gasteiger partial charge is 0.494 e. The van der Waals surface area contributed by atoms with E-state index in [4.69, 9.17) is 21.3 Å². The zero-order chi connectivity index (χ0) is 28.9. The molecule has 0 aliphatic heterocycles. The first-order valence-corrected chi connectivity index (χ1v) is 15.6. The number of fused-ring (bicyclic) bond motifs is 1. The zero-order valence-corrected chi connectivity index (χ0v) is 25.4. The molecule has 0 saturated carbocycles. The lowest BCUT2D eigenvalue weighted by atomic mass is 10.2. The molecule has 212 valence electrons. The van der Waals surface area contributed by atoms with Gasteiger partial charge in [0.05, 0.1) is 21.7 Å². The summed E-state index contributed by atoms with van der Waals surface area (Å²) in [5.41, 5.74) is 1.84. The molecule has 40 heavy (non-hydrogen) atoms. The van der Waals surface area contributed by atoms with Crippen molar-refractivity contribution in [2.75, 3.05) is 45.2 Å². The van der Waals surface area contributed by atoms with E-state index in [9.17, 15) is 13.2 Å². The maximum Gasteiger partial charge on any atom is 0.260 e. The molecule has 4 rings (SSSR count). The van der Waals surface area contributed by atoms with E-state index in [-0.39, 0.29) is 17.3 Å². The molecule has 4 aromatic rings. The smallest absolute Gasteiger partial charge is 0.260 e. The maximum absolute atomic E-state index is 13.8. The third-order valence-corrected chi connectivity index (χ3v) is 10.1. The molecular weight excluding hydrogens is 568 g/mol. The van der Waals surface area contributed by atoms with Crippen LogP contribution in [-0.2, 0) is 16.6 Å². The van der Waals surface area contributed by atoms with Gasteiger partial charge in [0.15, 0.2) is 5.13 Å². The number of likely N-dealkylation sites (N-methyl/N-ethyl adjacent to an activating group) is 1. The SMILES string of the molecule is CCN(CC)CCN(C(=O)c1ccc(S(=O)(=O)N(C)Cc2ccccc2)cc1)c1nc2c(OC)ccc(Cl)c2s1. The number of anilines is 1. The lowest BCUT2D eigenvalue weighted by Gasteiger charge is -2.25. The number of amides is 1. The monoisotopic (exact) mass is 600 g/mol. The van der Waals surface area contributed by atoms with Crippen molar-refractivity contribution in [3.63, 3.8) is 0 Å². The Hall–Kier alpha value is -3.02. The molecule has 1 aromatic heterocycles. The molecule has 0 atom stereocenters. The molecular formula is C29H33ClN4O4S2. The molecule has 0 unspecified atom stereocenters. The summed E-state index contributed by atoms with van der Waals surface area (Å²) in [4.78, 5) is 22.5. The second-order valence-corrected chi connectivity index (χ2v) is 12.6. The predicted octanol–water partition coefficient (Wildman–Crippen LogP) is 5.77. The Labute approximate surface area is 244 Å². The van der Waals surface area contributed by atoms with Gasteiger partial charge in [-0.1, -0.05) is 67.1 Å². The van der Waals surface area contributed by atoms with Gasteiger partial charge in [0, 0.05) is 32.2 Å². The van der Waals surface area contributed by atoms with Crippen LogP contribution in [0.2, 0.25) is 5.02 Å². The minimum absolute atomic E-state index is 0.119. The molecule has 8 nitrogen and oxygen atoms in total.